The number of morpholine rings is 1. The van der Waals surface area contributed by atoms with Crippen molar-refractivity contribution in [2.24, 2.45) is 0 Å². The Morgan fingerprint density at radius 1 is 1.12 bits per heavy atom. The van der Waals surface area contributed by atoms with Gasteiger partial charge in [0.25, 0.3) is 0 Å². The third-order valence-electron chi connectivity index (χ3n) is 4.21. The van der Waals surface area contributed by atoms with Gasteiger partial charge in [-0.05, 0) is 30.2 Å². The minimum Gasteiger partial charge on any atom is -0.379 e. The number of benzene rings is 2. The summed E-state index contributed by atoms with van der Waals surface area (Å²) in [7, 11) is -3.70. The molecule has 3 rings (SSSR count). The lowest BCUT2D eigenvalue weighted by Gasteiger charge is -2.27. The van der Waals surface area contributed by atoms with Gasteiger partial charge in [0.15, 0.2) is 0 Å². The number of hydrogen-bond acceptors (Lipinski definition) is 4. The molecule has 0 spiro atoms. The molecule has 0 bridgehead atoms. The highest BCUT2D eigenvalue weighted by molar-refractivity contribution is 7.89. The summed E-state index contributed by atoms with van der Waals surface area (Å²) in [4.78, 5) is 12.5. The molecule has 26 heavy (non-hydrogen) atoms. The molecule has 1 aliphatic heterocycles. The van der Waals surface area contributed by atoms with Crippen molar-refractivity contribution in [2.75, 3.05) is 31.6 Å². The van der Waals surface area contributed by atoms with Crippen LogP contribution in [0.25, 0.3) is 0 Å². The van der Waals surface area contributed by atoms with Crippen molar-refractivity contribution in [3.05, 3.63) is 59.7 Å². The molecule has 2 aromatic carbocycles. The highest BCUT2D eigenvalue weighted by atomic mass is 32.2. The van der Waals surface area contributed by atoms with Gasteiger partial charge in [0.05, 0.1) is 25.3 Å². The standard InChI is InChI=1S/C19H22N2O4S/c1-15-7-8-17(20-19(22)14-16-5-3-2-4-6-16)18(13-15)26(23,24)21-9-11-25-12-10-21/h2-8,13H,9-12,14H2,1H3,(H,20,22). The first kappa shape index (κ1) is 18.6. The van der Waals surface area contributed by atoms with Gasteiger partial charge in [0, 0.05) is 13.1 Å². The predicted molar refractivity (Wildman–Crippen MR) is 99.5 cm³/mol. The molecule has 2 aromatic rings. The zero-order chi connectivity index (χ0) is 18.6. The van der Waals surface area contributed by atoms with Gasteiger partial charge in [-0.25, -0.2) is 8.42 Å². The van der Waals surface area contributed by atoms with Crippen LogP contribution in [-0.2, 0) is 26.0 Å². The lowest BCUT2D eigenvalue weighted by atomic mass is 10.1. The minimum absolute atomic E-state index is 0.126. The van der Waals surface area contributed by atoms with E-state index in [0.29, 0.717) is 32.0 Å². The Labute approximate surface area is 153 Å². The second-order valence-corrected chi connectivity index (χ2v) is 8.13. The molecule has 138 valence electrons. The first-order valence-electron chi connectivity index (χ1n) is 8.49. The number of amides is 1. The molecule has 1 N–H and O–H groups in total. The van der Waals surface area contributed by atoms with Crippen LogP contribution in [0.5, 0.6) is 0 Å². The van der Waals surface area contributed by atoms with Crippen molar-refractivity contribution in [1.29, 1.82) is 0 Å². The molecule has 6 nitrogen and oxygen atoms in total. The van der Waals surface area contributed by atoms with Crippen LogP contribution < -0.4 is 5.32 Å². The van der Waals surface area contributed by atoms with Gasteiger partial charge in [-0.3, -0.25) is 4.79 Å². The Kier molecular flexibility index (Phi) is 5.70. The van der Waals surface area contributed by atoms with E-state index in [9.17, 15) is 13.2 Å². The number of rotatable bonds is 5. The van der Waals surface area contributed by atoms with Crippen molar-refractivity contribution >= 4 is 21.6 Å². The van der Waals surface area contributed by atoms with Crippen LogP contribution in [0.3, 0.4) is 0 Å². The highest BCUT2D eigenvalue weighted by Crippen LogP contribution is 2.27. The Morgan fingerprint density at radius 2 is 1.81 bits per heavy atom. The topological polar surface area (TPSA) is 75.7 Å². The van der Waals surface area contributed by atoms with Crippen LogP contribution in [0, 0.1) is 6.92 Å². The Balaban J connectivity index is 1.85. The number of ether oxygens (including phenoxy) is 1. The number of nitrogens with one attached hydrogen (secondary N) is 1. The second kappa shape index (κ2) is 7.99. The molecule has 0 atom stereocenters. The fraction of sp³-hybridized carbons (Fsp3) is 0.316. The minimum atomic E-state index is -3.70. The largest absolute Gasteiger partial charge is 0.379 e. The van der Waals surface area contributed by atoms with Crippen molar-refractivity contribution < 1.29 is 17.9 Å². The normalized spacial score (nSPS) is 15.6. The second-order valence-electron chi connectivity index (χ2n) is 6.23. The van der Waals surface area contributed by atoms with Gasteiger partial charge in [0.1, 0.15) is 4.90 Å². The lowest BCUT2D eigenvalue weighted by Crippen LogP contribution is -2.41. The first-order chi connectivity index (χ1) is 12.5. The molecule has 1 saturated heterocycles. The quantitative estimate of drug-likeness (QED) is 0.871. The van der Waals surface area contributed by atoms with Crippen molar-refractivity contribution in [3.63, 3.8) is 0 Å². The van der Waals surface area contributed by atoms with Crippen LogP contribution in [0.15, 0.2) is 53.4 Å². The molecule has 7 heteroatoms. The first-order valence-corrected chi connectivity index (χ1v) is 9.93. The summed E-state index contributed by atoms with van der Waals surface area (Å²) in [5.74, 6) is -0.251. The average molecular weight is 374 g/mol. The van der Waals surface area contributed by atoms with Gasteiger partial charge in [0.2, 0.25) is 15.9 Å². The molecule has 0 saturated carbocycles. The Bertz CT molecular complexity index is 876. The fourth-order valence-electron chi connectivity index (χ4n) is 2.85. The number of anilines is 1. The third-order valence-corrected chi connectivity index (χ3v) is 6.15. The van der Waals surface area contributed by atoms with E-state index in [-0.39, 0.29) is 17.2 Å². The molecule has 1 amide bonds. The van der Waals surface area contributed by atoms with Crippen LogP contribution in [-0.4, -0.2) is 44.9 Å². The van der Waals surface area contributed by atoms with E-state index < -0.39 is 10.0 Å². The summed E-state index contributed by atoms with van der Waals surface area (Å²) >= 11 is 0. The number of nitrogens with zero attached hydrogens (tertiary/aromatic N) is 1. The molecule has 1 fully saturated rings. The monoisotopic (exact) mass is 374 g/mol. The molecular formula is C19H22N2O4S. The zero-order valence-corrected chi connectivity index (χ0v) is 15.5. The summed E-state index contributed by atoms with van der Waals surface area (Å²) < 4.78 is 32.7. The molecule has 0 aliphatic carbocycles. The van der Waals surface area contributed by atoms with Gasteiger partial charge in [-0.2, -0.15) is 4.31 Å². The summed E-state index contributed by atoms with van der Waals surface area (Å²) in [5.41, 5.74) is 2.00. The van der Waals surface area contributed by atoms with Gasteiger partial charge < -0.3 is 10.1 Å². The fourth-order valence-corrected chi connectivity index (χ4v) is 4.49. The summed E-state index contributed by atoms with van der Waals surface area (Å²) in [6.45, 7) is 3.21. The average Bonchev–Trinajstić information content (AvgIpc) is 2.64. The number of sulfonamides is 1. The number of aryl methyl sites for hydroxylation is 1. The molecule has 0 aromatic heterocycles. The van der Waals surface area contributed by atoms with Crippen molar-refractivity contribution in [2.45, 2.75) is 18.2 Å². The number of hydrogen-bond donors (Lipinski definition) is 1. The third kappa shape index (κ3) is 4.30. The maximum atomic E-state index is 13.0. The SMILES string of the molecule is Cc1ccc(NC(=O)Cc2ccccc2)c(S(=O)(=O)N2CCOCC2)c1. The summed E-state index contributed by atoms with van der Waals surface area (Å²) in [5, 5.41) is 2.76. The molecule has 0 unspecified atom stereocenters. The van der Waals surface area contributed by atoms with E-state index in [2.05, 4.69) is 5.32 Å². The number of carbonyl (C=O) groups is 1. The predicted octanol–water partition coefficient (Wildman–Crippen LogP) is 2.20. The van der Waals surface area contributed by atoms with Gasteiger partial charge in [-0.1, -0.05) is 36.4 Å². The van der Waals surface area contributed by atoms with E-state index >= 15 is 0 Å². The lowest BCUT2D eigenvalue weighted by molar-refractivity contribution is -0.115. The molecular weight excluding hydrogens is 352 g/mol. The van der Waals surface area contributed by atoms with E-state index in [1.807, 2.05) is 37.3 Å². The van der Waals surface area contributed by atoms with Crippen LogP contribution in [0.2, 0.25) is 0 Å². The summed E-state index contributed by atoms with van der Waals surface area (Å²) in [6.07, 6.45) is 0.186. The van der Waals surface area contributed by atoms with E-state index in [1.54, 1.807) is 18.2 Å². The van der Waals surface area contributed by atoms with E-state index in [0.717, 1.165) is 11.1 Å². The van der Waals surface area contributed by atoms with Gasteiger partial charge in [-0.15, -0.1) is 0 Å². The highest BCUT2D eigenvalue weighted by Gasteiger charge is 2.29. The molecule has 0 radical (unpaired) electrons. The van der Waals surface area contributed by atoms with Crippen LogP contribution >= 0.6 is 0 Å². The smallest absolute Gasteiger partial charge is 0.245 e. The van der Waals surface area contributed by atoms with Gasteiger partial charge >= 0.3 is 0 Å². The number of carbonyl (C=O) groups excluding carboxylic acids is 1. The maximum Gasteiger partial charge on any atom is 0.245 e. The van der Waals surface area contributed by atoms with E-state index in [4.69, 9.17) is 4.74 Å². The van der Waals surface area contributed by atoms with Crippen LogP contribution in [0.4, 0.5) is 5.69 Å². The van der Waals surface area contributed by atoms with E-state index in [1.165, 1.54) is 4.31 Å². The van der Waals surface area contributed by atoms with Crippen molar-refractivity contribution in [1.82, 2.24) is 4.31 Å². The molecule has 1 heterocycles. The zero-order valence-electron chi connectivity index (χ0n) is 14.6. The Morgan fingerprint density at radius 3 is 2.50 bits per heavy atom. The molecule has 1 aliphatic rings. The van der Waals surface area contributed by atoms with Crippen LogP contribution in [0.1, 0.15) is 11.1 Å². The summed E-state index contributed by atoms with van der Waals surface area (Å²) in [6, 6.07) is 14.4. The maximum absolute atomic E-state index is 13.0. The van der Waals surface area contributed by atoms with Crippen molar-refractivity contribution in [3.8, 4) is 0 Å². The Hall–Kier alpha value is -2.22.